The van der Waals surface area contributed by atoms with E-state index in [1.807, 2.05) is 61.5 Å². The lowest BCUT2D eigenvalue weighted by Crippen LogP contribution is -2.36. The topological polar surface area (TPSA) is 41.1 Å². The van der Waals surface area contributed by atoms with Crippen molar-refractivity contribution in [1.29, 1.82) is 0 Å². The Hall–Kier alpha value is -2.91. The van der Waals surface area contributed by atoms with E-state index >= 15 is 0 Å². The fraction of sp³-hybridized carbons (Fsp3) is 0.240. The highest BCUT2D eigenvalue weighted by Gasteiger charge is 2.27. The third-order valence-electron chi connectivity index (χ3n) is 5.45. The highest BCUT2D eigenvalue weighted by Crippen LogP contribution is 2.32. The molecule has 0 saturated heterocycles. The molecule has 0 heterocycles. The summed E-state index contributed by atoms with van der Waals surface area (Å²) >= 11 is 0. The monoisotopic (exact) mass is 370 g/mol. The van der Waals surface area contributed by atoms with Crippen molar-refractivity contribution < 1.29 is 4.79 Å². The number of hydrogen-bond donors (Lipinski definition) is 2. The van der Waals surface area contributed by atoms with Crippen LogP contribution in [0.4, 0.5) is 5.69 Å². The minimum absolute atomic E-state index is 0.0295. The van der Waals surface area contributed by atoms with Gasteiger partial charge in [0.25, 0.3) is 0 Å². The van der Waals surface area contributed by atoms with E-state index < -0.39 is 6.04 Å². The molecule has 2 N–H and O–H groups in total. The maximum absolute atomic E-state index is 13.2. The summed E-state index contributed by atoms with van der Waals surface area (Å²) in [4.78, 5) is 13.2. The van der Waals surface area contributed by atoms with Gasteiger partial charge < -0.3 is 5.32 Å². The Labute approximate surface area is 166 Å². The van der Waals surface area contributed by atoms with E-state index in [1.165, 1.54) is 16.7 Å². The van der Waals surface area contributed by atoms with Crippen LogP contribution in [0.5, 0.6) is 0 Å². The maximum atomic E-state index is 13.2. The molecule has 0 bridgehead atoms. The summed E-state index contributed by atoms with van der Waals surface area (Å²) in [5.74, 6) is -0.0295. The van der Waals surface area contributed by atoms with E-state index in [2.05, 4.69) is 34.9 Å². The van der Waals surface area contributed by atoms with Crippen LogP contribution in [0, 0.1) is 6.92 Å². The zero-order valence-corrected chi connectivity index (χ0v) is 16.2. The molecule has 4 rings (SSSR count). The van der Waals surface area contributed by atoms with Gasteiger partial charge in [-0.05, 0) is 55.0 Å². The molecular weight excluding hydrogens is 344 g/mol. The molecule has 0 saturated carbocycles. The number of nitrogens with one attached hydrogen (secondary N) is 2. The molecule has 0 radical (unpaired) electrons. The molecule has 28 heavy (non-hydrogen) atoms. The first-order valence-corrected chi connectivity index (χ1v) is 9.97. The number of fused-ring (bicyclic) bond motifs is 1. The Kier molecular flexibility index (Phi) is 5.54. The van der Waals surface area contributed by atoms with Crippen LogP contribution >= 0.6 is 0 Å². The largest absolute Gasteiger partial charge is 0.324 e. The van der Waals surface area contributed by atoms with Gasteiger partial charge in [-0.1, -0.05) is 72.3 Å². The molecule has 1 aliphatic carbocycles. The van der Waals surface area contributed by atoms with E-state index in [0.29, 0.717) is 0 Å². The van der Waals surface area contributed by atoms with Gasteiger partial charge in [-0.25, -0.2) is 0 Å². The zero-order valence-electron chi connectivity index (χ0n) is 16.2. The third kappa shape index (κ3) is 4.15. The average molecular weight is 370 g/mol. The summed E-state index contributed by atoms with van der Waals surface area (Å²) in [6, 6.07) is 26.2. The van der Waals surface area contributed by atoms with Crippen molar-refractivity contribution in [2.45, 2.75) is 38.3 Å². The van der Waals surface area contributed by atoms with Crippen LogP contribution in [-0.4, -0.2) is 5.91 Å². The third-order valence-corrected chi connectivity index (χ3v) is 5.45. The lowest BCUT2D eigenvalue weighted by Gasteiger charge is -2.30. The van der Waals surface area contributed by atoms with Crippen LogP contribution in [-0.2, 0) is 11.2 Å². The molecule has 3 heteroatoms. The minimum atomic E-state index is -0.404. The van der Waals surface area contributed by atoms with Gasteiger partial charge in [-0.3, -0.25) is 10.1 Å². The Morgan fingerprint density at radius 3 is 2.43 bits per heavy atom. The lowest BCUT2D eigenvalue weighted by molar-refractivity contribution is -0.118. The van der Waals surface area contributed by atoms with Gasteiger partial charge in [0.2, 0.25) is 5.91 Å². The molecule has 0 fully saturated rings. The molecule has 142 valence electrons. The number of carbonyl (C=O) groups excluding carboxylic acids is 1. The molecule has 3 aromatic rings. The summed E-state index contributed by atoms with van der Waals surface area (Å²) < 4.78 is 0. The van der Waals surface area contributed by atoms with Crippen LogP contribution in [0.1, 0.15) is 47.2 Å². The predicted octanol–water partition coefficient (Wildman–Crippen LogP) is 5.34. The molecule has 0 aromatic heterocycles. The number of amides is 1. The summed E-state index contributed by atoms with van der Waals surface area (Å²) in [6.45, 7) is 2.04. The van der Waals surface area contributed by atoms with Gasteiger partial charge in [0.15, 0.2) is 0 Å². The van der Waals surface area contributed by atoms with Gasteiger partial charge in [0.1, 0.15) is 6.04 Å². The summed E-state index contributed by atoms with van der Waals surface area (Å²) in [5, 5.41) is 6.73. The molecule has 3 nitrogen and oxygen atoms in total. The van der Waals surface area contributed by atoms with Gasteiger partial charge in [-0.15, -0.1) is 0 Å². The number of carbonyl (C=O) groups is 1. The second-order valence-electron chi connectivity index (χ2n) is 7.51. The van der Waals surface area contributed by atoms with Gasteiger partial charge in [0.05, 0.1) is 0 Å². The van der Waals surface area contributed by atoms with Crippen LogP contribution in [0.2, 0.25) is 0 Å². The predicted molar refractivity (Wildman–Crippen MR) is 114 cm³/mol. The van der Waals surface area contributed by atoms with Crippen LogP contribution < -0.4 is 10.6 Å². The van der Waals surface area contributed by atoms with Crippen molar-refractivity contribution in [3.05, 3.63) is 101 Å². The highest BCUT2D eigenvalue weighted by molar-refractivity contribution is 5.95. The SMILES string of the molecule is Cc1ccc(NC(=O)[C@@H](N[C@@H]2CCCc3ccccc32)c2ccccc2)cc1. The second kappa shape index (κ2) is 8.41. The van der Waals surface area contributed by atoms with Crippen molar-refractivity contribution >= 4 is 11.6 Å². The Morgan fingerprint density at radius 1 is 0.929 bits per heavy atom. The Bertz CT molecular complexity index is 934. The zero-order chi connectivity index (χ0) is 19.3. The number of hydrogen-bond acceptors (Lipinski definition) is 2. The van der Waals surface area contributed by atoms with Crippen molar-refractivity contribution in [2.24, 2.45) is 0 Å². The fourth-order valence-electron chi connectivity index (χ4n) is 3.95. The number of benzene rings is 3. The van der Waals surface area contributed by atoms with E-state index in [1.54, 1.807) is 0 Å². The standard InChI is InChI=1S/C25H26N2O/c1-18-14-16-21(17-15-18)26-25(28)24(20-9-3-2-4-10-20)27-23-13-7-11-19-8-5-6-12-22(19)23/h2-6,8-10,12,14-17,23-24,27H,7,11,13H2,1H3,(H,26,28)/t23-,24+/m1/s1. The van der Waals surface area contributed by atoms with E-state index in [4.69, 9.17) is 0 Å². The van der Waals surface area contributed by atoms with E-state index in [-0.39, 0.29) is 11.9 Å². The molecule has 0 aliphatic heterocycles. The van der Waals surface area contributed by atoms with E-state index in [9.17, 15) is 4.79 Å². The number of anilines is 1. The summed E-state index contributed by atoms with van der Waals surface area (Å²) in [7, 11) is 0. The number of aryl methyl sites for hydroxylation is 2. The average Bonchev–Trinajstić information content (AvgIpc) is 2.74. The lowest BCUT2D eigenvalue weighted by atomic mass is 9.87. The van der Waals surface area contributed by atoms with Crippen LogP contribution in [0.3, 0.4) is 0 Å². The minimum Gasteiger partial charge on any atom is -0.324 e. The quantitative estimate of drug-likeness (QED) is 0.636. The fourth-order valence-corrected chi connectivity index (χ4v) is 3.95. The van der Waals surface area contributed by atoms with Gasteiger partial charge >= 0.3 is 0 Å². The highest BCUT2D eigenvalue weighted by atomic mass is 16.2. The summed E-state index contributed by atoms with van der Waals surface area (Å²) in [5.41, 5.74) is 5.68. The molecular formula is C25H26N2O. The first kappa shape index (κ1) is 18.5. The smallest absolute Gasteiger partial charge is 0.246 e. The second-order valence-corrected chi connectivity index (χ2v) is 7.51. The first-order valence-electron chi connectivity index (χ1n) is 9.97. The van der Waals surface area contributed by atoms with Crippen molar-refractivity contribution in [3.63, 3.8) is 0 Å². The molecule has 2 atom stereocenters. The normalized spacial score (nSPS) is 16.8. The van der Waals surface area contributed by atoms with Crippen LogP contribution in [0.15, 0.2) is 78.9 Å². The maximum Gasteiger partial charge on any atom is 0.246 e. The van der Waals surface area contributed by atoms with Crippen molar-refractivity contribution in [1.82, 2.24) is 5.32 Å². The number of rotatable bonds is 5. The Morgan fingerprint density at radius 2 is 1.64 bits per heavy atom. The van der Waals surface area contributed by atoms with Gasteiger partial charge in [-0.2, -0.15) is 0 Å². The van der Waals surface area contributed by atoms with Gasteiger partial charge in [0, 0.05) is 11.7 Å². The molecule has 0 unspecified atom stereocenters. The molecule has 1 amide bonds. The first-order chi connectivity index (χ1) is 13.7. The molecule has 0 spiro atoms. The summed E-state index contributed by atoms with van der Waals surface area (Å²) in [6.07, 6.45) is 3.29. The van der Waals surface area contributed by atoms with Crippen LogP contribution in [0.25, 0.3) is 0 Å². The van der Waals surface area contributed by atoms with Crippen molar-refractivity contribution in [2.75, 3.05) is 5.32 Å². The molecule has 3 aromatic carbocycles. The Balaban J connectivity index is 1.60. The molecule has 1 aliphatic rings. The van der Waals surface area contributed by atoms with Crippen molar-refractivity contribution in [3.8, 4) is 0 Å². The van der Waals surface area contributed by atoms with E-state index in [0.717, 1.165) is 30.5 Å².